The van der Waals surface area contributed by atoms with Crippen LogP contribution in [0.2, 0.25) is 0 Å². The van der Waals surface area contributed by atoms with Gasteiger partial charge in [-0.05, 0) is 64.3 Å². The van der Waals surface area contributed by atoms with Gasteiger partial charge in [-0.3, -0.25) is 9.59 Å². The predicted octanol–water partition coefficient (Wildman–Crippen LogP) is 2.76. The lowest BCUT2D eigenvalue weighted by atomic mass is 9.94. The highest BCUT2D eigenvalue weighted by atomic mass is 19.1. The van der Waals surface area contributed by atoms with E-state index in [0.29, 0.717) is 31.3 Å². The maximum atomic E-state index is 14.0. The summed E-state index contributed by atoms with van der Waals surface area (Å²) in [5.74, 6) is -0.495. The third kappa shape index (κ3) is 4.97. The van der Waals surface area contributed by atoms with Crippen molar-refractivity contribution in [3.8, 4) is 5.88 Å². The fourth-order valence-electron chi connectivity index (χ4n) is 7.94. The largest absolute Gasteiger partial charge is 0.474 e. The molecule has 12 heteroatoms. The van der Waals surface area contributed by atoms with Gasteiger partial charge in [0.15, 0.2) is 11.6 Å². The van der Waals surface area contributed by atoms with Crippen LogP contribution in [0.3, 0.4) is 0 Å². The van der Waals surface area contributed by atoms with Gasteiger partial charge in [-0.1, -0.05) is 6.58 Å². The zero-order chi connectivity index (χ0) is 31.6. The van der Waals surface area contributed by atoms with Crippen LogP contribution in [0.15, 0.2) is 24.7 Å². The number of aromatic nitrogens is 2. The summed E-state index contributed by atoms with van der Waals surface area (Å²) in [7, 11) is 6.01. The van der Waals surface area contributed by atoms with E-state index in [1.165, 1.54) is 16.2 Å². The third-order valence-corrected chi connectivity index (χ3v) is 10.4. The zero-order valence-electron chi connectivity index (χ0n) is 26.8. The molecule has 2 aromatic rings. The van der Waals surface area contributed by atoms with Crippen LogP contribution in [-0.2, 0) is 29.0 Å². The molecule has 0 spiro atoms. The molecule has 0 bridgehead atoms. The Kier molecular flexibility index (Phi) is 7.58. The first-order valence-electron chi connectivity index (χ1n) is 16.2. The molecule has 2 saturated heterocycles. The summed E-state index contributed by atoms with van der Waals surface area (Å²) in [6.07, 6.45) is 6.99. The zero-order valence-corrected chi connectivity index (χ0v) is 26.8. The van der Waals surface area contributed by atoms with Gasteiger partial charge in [0.25, 0.3) is 11.8 Å². The number of rotatable bonds is 5. The Bertz CT molecular complexity index is 1550. The van der Waals surface area contributed by atoms with Crippen LogP contribution in [0.5, 0.6) is 5.88 Å². The van der Waals surface area contributed by atoms with Crippen molar-refractivity contribution in [3.05, 3.63) is 41.5 Å². The minimum Gasteiger partial charge on any atom is -0.474 e. The second-order valence-electron chi connectivity index (χ2n) is 13.2. The number of carbonyl (C=O) groups excluding carboxylic acids is 2. The summed E-state index contributed by atoms with van der Waals surface area (Å²) >= 11 is 0. The number of pyridine rings is 2. The molecule has 240 valence electrons. The van der Waals surface area contributed by atoms with Crippen molar-refractivity contribution in [1.82, 2.24) is 19.8 Å². The number of carbonyl (C=O) groups is 2. The molecule has 45 heavy (non-hydrogen) atoms. The summed E-state index contributed by atoms with van der Waals surface area (Å²) in [5, 5.41) is 0. The van der Waals surface area contributed by atoms with Gasteiger partial charge in [0, 0.05) is 57.6 Å². The average molecular weight is 619 g/mol. The summed E-state index contributed by atoms with van der Waals surface area (Å²) < 4.78 is 20.5. The van der Waals surface area contributed by atoms with E-state index in [1.807, 2.05) is 13.1 Å². The van der Waals surface area contributed by atoms with Gasteiger partial charge in [0.2, 0.25) is 5.88 Å². The van der Waals surface area contributed by atoms with Crippen LogP contribution in [0.1, 0.15) is 43.0 Å². The fraction of sp³-hybridized carbons (Fsp3) is 0.576. The van der Waals surface area contributed by atoms with Gasteiger partial charge in [-0.2, -0.15) is 0 Å². The molecule has 7 heterocycles. The van der Waals surface area contributed by atoms with Crippen LogP contribution >= 0.6 is 0 Å². The van der Waals surface area contributed by atoms with Gasteiger partial charge >= 0.3 is 0 Å². The molecule has 0 aliphatic carbocycles. The molecule has 5 aliphatic heterocycles. The Morgan fingerprint density at radius 2 is 1.91 bits per heavy atom. The summed E-state index contributed by atoms with van der Waals surface area (Å²) in [6, 6.07) is 1.45. The SMILES string of the molecule is C=C(F)C(=O)N1C[C@@H]2C(=O)N(C)c3c(OC[C@@H]4CCCN4C)nc4c(c3N2C[C@H]1C)CCN(c1nccc2c1N(C)CCC2)C4. The Morgan fingerprint density at radius 3 is 2.67 bits per heavy atom. The first-order valence-corrected chi connectivity index (χ1v) is 16.2. The van der Waals surface area contributed by atoms with Crippen LogP contribution in [0.25, 0.3) is 0 Å². The first kappa shape index (κ1) is 29.8. The average Bonchev–Trinajstić information content (AvgIpc) is 3.45. The first-order chi connectivity index (χ1) is 21.6. The van der Waals surface area contributed by atoms with Crippen molar-refractivity contribution in [2.75, 3.05) is 80.1 Å². The van der Waals surface area contributed by atoms with Crippen molar-refractivity contribution in [3.63, 3.8) is 0 Å². The Balaban J connectivity index is 1.30. The minimum absolute atomic E-state index is 0.0875. The van der Waals surface area contributed by atoms with Gasteiger partial charge in [-0.25, -0.2) is 14.4 Å². The van der Waals surface area contributed by atoms with Crippen molar-refractivity contribution in [2.45, 2.75) is 63.7 Å². The number of amides is 2. The number of fused-ring (bicyclic) bond motifs is 6. The van der Waals surface area contributed by atoms with Crippen LogP contribution in [-0.4, -0.2) is 110 Å². The number of likely N-dealkylation sites (tertiary alicyclic amines) is 1. The molecular formula is C33H43FN8O3. The fourth-order valence-corrected chi connectivity index (χ4v) is 7.94. The van der Waals surface area contributed by atoms with Crippen LogP contribution in [0, 0.1) is 0 Å². The normalized spacial score (nSPS) is 24.7. The number of anilines is 4. The number of ether oxygens (including phenoxy) is 1. The summed E-state index contributed by atoms with van der Waals surface area (Å²) in [5.41, 5.74) is 6.15. The van der Waals surface area contributed by atoms with E-state index in [4.69, 9.17) is 14.7 Å². The number of nitrogens with zero attached hydrogens (tertiary/aromatic N) is 8. The van der Waals surface area contributed by atoms with Gasteiger partial charge < -0.3 is 34.1 Å². The second kappa shape index (κ2) is 11.5. The third-order valence-electron chi connectivity index (χ3n) is 10.4. The smallest absolute Gasteiger partial charge is 0.282 e. The van der Waals surface area contributed by atoms with E-state index in [1.54, 1.807) is 11.9 Å². The van der Waals surface area contributed by atoms with Gasteiger partial charge in [0.05, 0.1) is 30.2 Å². The molecule has 0 aromatic carbocycles. The molecule has 3 atom stereocenters. The van der Waals surface area contributed by atoms with E-state index < -0.39 is 17.8 Å². The molecule has 7 rings (SSSR count). The van der Waals surface area contributed by atoms with E-state index in [0.717, 1.165) is 74.5 Å². The lowest BCUT2D eigenvalue weighted by Crippen LogP contribution is -2.66. The lowest BCUT2D eigenvalue weighted by Gasteiger charge is -2.51. The van der Waals surface area contributed by atoms with E-state index in [-0.39, 0.29) is 24.5 Å². The Labute approximate surface area is 264 Å². The van der Waals surface area contributed by atoms with Crippen LogP contribution in [0.4, 0.5) is 27.3 Å². The molecular weight excluding hydrogens is 575 g/mol. The van der Waals surface area contributed by atoms with Crippen molar-refractivity contribution < 1.29 is 18.7 Å². The molecule has 11 nitrogen and oxygen atoms in total. The highest BCUT2D eigenvalue weighted by Gasteiger charge is 2.47. The molecule has 0 unspecified atom stereocenters. The number of hydrogen-bond donors (Lipinski definition) is 0. The monoisotopic (exact) mass is 618 g/mol. The maximum absolute atomic E-state index is 14.0. The standard InChI is InChI=1S/C33H43FN8O3/c1-20-16-42-26(18-41(20)32(43)21(2)34)33(44)39(5)29-28(42)24-11-15-40(30-27-22(10-12-35-30)8-6-14-38(27)4)17-25(24)36-31(29)45-19-23-9-7-13-37(23)3/h10,12,20,23,26H,2,6-9,11,13-19H2,1,3-5H3/t20-,23+,26-/m1/s1. The molecule has 0 N–H and O–H groups in total. The lowest BCUT2D eigenvalue weighted by molar-refractivity contribution is -0.133. The minimum atomic E-state index is -1.01. The van der Waals surface area contributed by atoms with E-state index >= 15 is 0 Å². The van der Waals surface area contributed by atoms with Crippen LogP contribution < -0.4 is 24.3 Å². The Hall–Kier alpha value is -3.93. The highest BCUT2D eigenvalue weighted by Crippen LogP contribution is 2.48. The molecule has 0 saturated carbocycles. The van der Waals surface area contributed by atoms with E-state index in [9.17, 15) is 14.0 Å². The molecule has 0 radical (unpaired) electrons. The summed E-state index contributed by atoms with van der Waals surface area (Å²) in [6.45, 7) is 9.43. The molecule has 2 amide bonds. The van der Waals surface area contributed by atoms with Crippen molar-refractivity contribution in [2.24, 2.45) is 0 Å². The number of halogens is 1. The maximum Gasteiger partial charge on any atom is 0.282 e. The number of piperazine rings is 1. The highest BCUT2D eigenvalue weighted by molar-refractivity contribution is 6.08. The van der Waals surface area contributed by atoms with Crippen molar-refractivity contribution in [1.29, 1.82) is 0 Å². The quantitative estimate of drug-likeness (QED) is 0.470. The predicted molar refractivity (Wildman–Crippen MR) is 172 cm³/mol. The Morgan fingerprint density at radius 1 is 1.09 bits per heavy atom. The second-order valence-corrected chi connectivity index (χ2v) is 13.2. The number of hydrogen-bond acceptors (Lipinski definition) is 9. The number of aryl methyl sites for hydroxylation is 1. The van der Waals surface area contributed by atoms with Gasteiger partial charge in [0.1, 0.15) is 18.3 Å². The number of likely N-dealkylation sites (N-methyl/N-ethyl adjacent to an activating group) is 2. The van der Waals surface area contributed by atoms with Gasteiger partial charge in [-0.15, -0.1) is 0 Å². The molecule has 2 fully saturated rings. The molecule has 2 aromatic heterocycles. The van der Waals surface area contributed by atoms with E-state index in [2.05, 4.69) is 46.3 Å². The topological polar surface area (TPSA) is 88.6 Å². The summed E-state index contributed by atoms with van der Waals surface area (Å²) in [4.78, 5) is 48.8. The van der Waals surface area contributed by atoms with Crippen molar-refractivity contribution >= 4 is 34.7 Å². The molecule has 5 aliphatic rings.